The molecular weight excluding hydrogens is 216 g/mol. The molecule has 0 aliphatic heterocycles. The highest BCUT2D eigenvalue weighted by molar-refractivity contribution is 5.37. The van der Waals surface area contributed by atoms with Crippen LogP contribution in [0.4, 0.5) is 0 Å². The fourth-order valence-electron chi connectivity index (χ4n) is 1.72. The number of hydrogen-bond donors (Lipinski definition) is 0. The van der Waals surface area contributed by atoms with Gasteiger partial charge in [0.2, 0.25) is 0 Å². The number of nitrogens with zero attached hydrogens (tertiary/aromatic N) is 4. The first-order valence-corrected chi connectivity index (χ1v) is 5.49. The summed E-state index contributed by atoms with van der Waals surface area (Å²) in [6.45, 7) is 7.67. The Morgan fingerprint density at radius 3 is 2.29 bits per heavy atom. The van der Waals surface area contributed by atoms with Gasteiger partial charge >= 0.3 is 5.69 Å². The quantitative estimate of drug-likeness (QED) is 0.742. The summed E-state index contributed by atoms with van der Waals surface area (Å²) in [4.78, 5) is 16.4. The minimum Gasteiger partial charge on any atom is -0.282 e. The summed E-state index contributed by atoms with van der Waals surface area (Å²) in [5, 5.41) is 4.22. The third kappa shape index (κ3) is 1.77. The Hall–Kier alpha value is -1.91. The van der Waals surface area contributed by atoms with Crippen LogP contribution in [0.25, 0.3) is 5.82 Å². The molecule has 0 bridgehead atoms. The minimum atomic E-state index is -0.165. The Morgan fingerprint density at radius 1 is 1.12 bits per heavy atom. The molecule has 0 aliphatic rings. The molecule has 5 heteroatoms. The second-order valence-electron chi connectivity index (χ2n) is 4.33. The maximum absolute atomic E-state index is 12.0. The van der Waals surface area contributed by atoms with Gasteiger partial charge in [-0.1, -0.05) is 6.07 Å². The molecule has 2 aromatic rings. The van der Waals surface area contributed by atoms with Gasteiger partial charge in [-0.05, 0) is 38.8 Å². The fraction of sp³-hybridized carbons (Fsp3) is 0.417. The summed E-state index contributed by atoms with van der Waals surface area (Å²) >= 11 is 0. The van der Waals surface area contributed by atoms with E-state index in [1.807, 2.05) is 26.8 Å². The van der Waals surface area contributed by atoms with Gasteiger partial charge in [0.15, 0.2) is 5.82 Å². The molecule has 0 N–H and O–H groups in total. The van der Waals surface area contributed by atoms with E-state index in [2.05, 4.69) is 10.1 Å². The molecule has 0 saturated heterocycles. The Bertz CT molecular complexity index is 637. The van der Waals surface area contributed by atoms with Crippen molar-refractivity contribution in [3.8, 4) is 5.82 Å². The van der Waals surface area contributed by atoms with Crippen molar-refractivity contribution < 1.29 is 0 Å². The predicted octanol–water partition coefficient (Wildman–Crippen LogP) is 1.20. The van der Waals surface area contributed by atoms with Gasteiger partial charge in [0.1, 0.15) is 5.82 Å². The molecule has 0 fully saturated rings. The van der Waals surface area contributed by atoms with Gasteiger partial charge in [0.25, 0.3) is 0 Å². The van der Waals surface area contributed by atoms with Crippen LogP contribution < -0.4 is 5.69 Å². The Morgan fingerprint density at radius 2 is 1.76 bits per heavy atom. The lowest BCUT2D eigenvalue weighted by atomic mass is 10.1. The van der Waals surface area contributed by atoms with E-state index in [-0.39, 0.29) is 5.69 Å². The van der Waals surface area contributed by atoms with Crippen molar-refractivity contribution in [1.82, 2.24) is 19.3 Å². The number of hydrogen-bond acceptors (Lipinski definition) is 3. The molecule has 90 valence electrons. The lowest BCUT2D eigenvalue weighted by molar-refractivity contribution is 0.769. The van der Waals surface area contributed by atoms with Crippen LogP contribution >= 0.6 is 0 Å². The van der Waals surface area contributed by atoms with Crippen LogP contribution in [0.15, 0.2) is 10.9 Å². The van der Waals surface area contributed by atoms with Crippen LogP contribution in [0.3, 0.4) is 0 Å². The minimum absolute atomic E-state index is 0.165. The smallest absolute Gasteiger partial charge is 0.282 e. The van der Waals surface area contributed by atoms with Crippen LogP contribution in [-0.2, 0) is 7.05 Å². The van der Waals surface area contributed by atoms with E-state index in [0.29, 0.717) is 11.6 Å². The number of aryl methyl sites for hydroxylation is 4. The number of rotatable bonds is 1. The molecule has 2 rings (SSSR count). The van der Waals surface area contributed by atoms with Crippen molar-refractivity contribution >= 4 is 0 Å². The predicted molar refractivity (Wildman–Crippen MR) is 65.5 cm³/mol. The van der Waals surface area contributed by atoms with Crippen molar-refractivity contribution in [3.63, 3.8) is 0 Å². The highest BCUT2D eigenvalue weighted by Gasteiger charge is 2.12. The van der Waals surface area contributed by atoms with E-state index in [9.17, 15) is 4.79 Å². The SMILES string of the molecule is Cc1cc(C)c(-n2nc(C)n(C)c2=O)nc1C. The van der Waals surface area contributed by atoms with Crippen LogP contribution in [0, 0.1) is 27.7 Å². The van der Waals surface area contributed by atoms with Crippen molar-refractivity contribution in [2.24, 2.45) is 7.05 Å². The monoisotopic (exact) mass is 232 g/mol. The number of aromatic nitrogens is 4. The van der Waals surface area contributed by atoms with Gasteiger partial charge < -0.3 is 0 Å². The van der Waals surface area contributed by atoms with E-state index in [1.54, 1.807) is 14.0 Å². The largest absolute Gasteiger partial charge is 0.351 e. The zero-order valence-electron chi connectivity index (χ0n) is 10.8. The lowest BCUT2D eigenvalue weighted by Crippen LogP contribution is -2.23. The molecule has 2 heterocycles. The topological polar surface area (TPSA) is 52.7 Å². The lowest BCUT2D eigenvalue weighted by Gasteiger charge is -2.07. The molecule has 0 spiro atoms. The maximum atomic E-state index is 12.0. The van der Waals surface area contributed by atoms with E-state index in [4.69, 9.17) is 0 Å². The molecule has 0 saturated carbocycles. The third-order valence-corrected chi connectivity index (χ3v) is 3.03. The molecule has 0 aliphatic carbocycles. The Labute approximate surface area is 99.7 Å². The van der Waals surface area contributed by atoms with Gasteiger partial charge in [-0.25, -0.2) is 9.78 Å². The second-order valence-corrected chi connectivity index (χ2v) is 4.33. The zero-order valence-corrected chi connectivity index (χ0v) is 10.8. The fourth-order valence-corrected chi connectivity index (χ4v) is 1.72. The Kier molecular flexibility index (Phi) is 2.61. The average molecular weight is 232 g/mol. The Balaban J connectivity index is 2.73. The average Bonchev–Trinajstić information content (AvgIpc) is 2.51. The summed E-state index contributed by atoms with van der Waals surface area (Å²) in [5.74, 6) is 1.29. The highest BCUT2D eigenvalue weighted by atomic mass is 16.2. The second kappa shape index (κ2) is 3.84. The van der Waals surface area contributed by atoms with E-state index in [1.165, 1.54) is 9.25 Å². The maximum Gasteiger partial charge on any atom is 0.351 e. The molecule has 5 nitrogen and oxygen atoms in total. The normalized spacial score (nSPS) is 10.9. The van der Waals surface area contributed by atoms with E-state index in [0.717, 1.165) is 16.8 Å². The van der Waals surface area contributed by atoms with E-state index < -0.39 is 0 Å². The summed E-state index contributed by atoms with van der Waals surface area (Å²) in [5.41, 5.74) is 2.82. The van der Waals surface area contributed by atoms with Crippen LogP contribution in [0.1, 0.15) is 22.6 Å². The van der Waals surface area contributed by atoms with E-state index >= 15 is 0 Å². The van der Waals surface area contributed by atoms with Gasteiger partial charge in [-0.2, -0.15) is 4.68 Å². The first kappa shape index (κ1) is 11.6. The van der Waals surface area contributed by atoms with Crippen molar-refractivity contribution in [3.05, 3.63) is 39.2 Å². The van der Waals surface area contributed by atoms with Gasteiger partial charge in [0, 0.05) is 12.7 Å². The molecule has 17 heavy (non-hydrogen) atoms. The highest BCUT2D eigenvalue weighted by Crippen LogP contribution is 2.13. The summed E-state index contributed by atoms with van der Waals surface area (Å²) in [6.07, 6.45) is 0. The van der Waals surface area contributed by atoms with Gasteiger partial charge in [-0.15, -0.1) is 5.10 Å². The standard InChI is InChI=1S/C12H16N4O/c1-7-6-8(2)11(13-9(7)3)16-12(17)15(5)10(4)14-16/h6H,1-5H3. The summed E-state index contributed by atoms with van der Waals surface area (Å²) in [6, 6.07) is 2.02. The molecule has 0 radical (unpaired) electrons. The van der Waals surface area contributed by atoms with Crippen LogP contribution in [-0.4, -0.2) is 19.3 Å². The first-order chi connectivity index (χ1) is 7.91. The van der Waals surface area contributed by atoms with Crippen LogP contribution in [0.5, 0.6) is 0 Å². The van der Waals surface area contributed by atoms with Gasteiger partial charge in [0.05, 0.1) is 0 Å². The molecule has 0 aromatic carbocycles. The summed E-state index contributed by atoms with van der Waals surface area (Å²) < 4.78 is 2.87. The van der Waals surface area contributed by atoms with Crippen molar-refractivity contribution in [2.75, 3.05) is 0 Å². The molecule has 0 atom stereocenters. The third-order valence-electron chi connectivity index (χ3n) is 3.03. The zero-order chi connectivity index (χ0) is 12.7. The first-order valence-electron chi connectivity index (χ1n) is 5.49. The van der Waals surface area contributed by atoms with Crippen molar-refractivity contribution in [1.29, 1.82) is 0 Å². The molecule has 0 amide bonds. The van der Waals surface area contributed by atoms with Crippen LogP contribution in [0.2, 0.25) is 0 Å². The molecular formula is C12H16N4O. The van der Waals surface area contributed by atoms with Crippen molar-refractivity contribution in [2.45, 2.75) is 27.7 Å². The molecule has 0 unspecified atom stereocenters. The van der Waals surface area contributed by atoms with Gasteiger partial charge in [-0.3, -0.25) is 4.57 Å². The molecule has 2 aromatic heterocycles. The summed E-state index contributed by atoms with van der Waals surface area (Å²) in [7, 11) is 1.71. The number of pyridine rings is 1.